The molecule has 1 aromatic carbocycles. The van der Waals surface area contributed by atoms with Crippen LogP contribution < -0.4 is 10.5 Å². The average molecular weight is 222 g/mol. The standard InChI is InChI=1S/C11H14N2O3/c1-8-3-2-4-9(10(8)13(14)15)16-7-11(12)5-6-11/h2-4H,5-7,12H2,1H3. The lowest BCUT2D eigenvalue weighted by atomic mass is 10.2. The van der Waals surface area contributed by atoms with Crippen LogP contribution in [0.25, 0.3) is 0 Å². The second kappa shape index (κ2) is 3.75. The Balaban J connectivity index is 2.19. The van der Waals surface area contributed by atoms with Gasteiger partial charge in [0, 0.05) is 5.56 Å². The average Bonchev–Trinajstić information content (AvgIpc) is 2.94. The van der Waals surface area contributed by atoms with Crippen molar-refractivity contribution < 1.29 is 9.66 Å². The number of aryl methyl sites for hydroxylation is 1. The Morgan fingerprint density at radius 3 is 2.81 bits per heavy atom. The summed E-state index contributed by atoms with van der Waals surface area (Å²) in [6, 6.07) is 5.05. The molecule has 86 valence electrons. The van der Waals surface area contributed by atoms with Gasteiger partial charge >= 0.3 is 5.69 Å². The topological polar surface area (TPSA) is 78.4 Å². The van der Waals surface area contributed by atoms with Gasteiger partial charge < -0.3 is 10.5 Å². The van der Waals surface area contributed by atoms with Gasteiger partial charge in [0.15, 0.2) is 5.75 Å². The van der Waals surface area contributed by atoms with Crippen molar-refractivity contribution >= 4 is 5.69 Å². The number of para-hydroxylation sites is 1. The van der Waals surface area contributed by atoms with E-state index in [0.717, 1.165) is 12.8 Å². The van der Waals surface area contributed by atoms with Gasteiger partial charge in [-0.2, -0.15) is 0 Å². The number of nitrogens with two attached hydrogens (primary N) is 1. The second-order valence-corrected chi connectivity index (χ2v) is 4.33. The lowest BCUT2D eigenvalue weighted by Crippen LogP contribution is -2.29. The fourth-order valence-corrected chi connectivity index (χ4v) is 1.51. The van der Waals surface area contributed by atoms with Crippen molar-refractivity contribution in [1.82, 2.24) is 0 Å². The number of hydrogen-bond acceptors (Lipinski definition) is 4. The Bertz CT molecular complexity index is 427. The van der Waals surface area contributed by atoms with Gasteiger partial charge in [-0.3, -0.25) is 10.1 Å². The zero-order chi connectivity index (χ0) is 11.8. The monoisotopic (exact) mass is 222 g/mol. The van der Waals surface area contributed by atoms with Crippen molar-refractivity contribution in [1.29, 1.82) is 0 Å². The van der Waals surface area contributed by atoms with Crippen LogP contribution in [-0.4, -0.2) is 17.1 Å². The van der Waals surface area contributed by atoms with Crippen LogP contribution in [0.5, 0.6) is 5.75 Å². The van der Waals surface area contributed by atoms with Crippen LogP contribution in [0, 0.1) is 17.0 Å². The molecule has 2 N–H and O–H groups in total. The Morgan fingerprint density at radius 2 is 2.25 bits per heavy atom. The van der Waals surface area contributed by atoms with Gasteiger partial charge in [-0.25, -0.2) is 0 Å². The molecule has 1 aliphatic rings. The van der Waals surface area contributed by atoms with E-state index in [9.17, 15) is 10.1 Å². The molecule has 0 heterocycles. The molecular weight excluding hydrogens is 208 g/mol. The first kappa shape index (κ1) is 10.9. The van der Waals surface area contributed by atoms with E-state index in [1.54, 1.807) is 25.1 Å². The minimum Gasteiger partial charge on any atom is -0.485 e. The molecule has 0 bridgehead atoms. The Kier molecular flexibility index (Phi) is 2.55. The quantitative estimate of drug-likeness (QED) is 0.622. The predicted octanol–water partition coefficient (Wildman–Crippen LogP) is 1.77. The van der Waals surface area contributed by atoms with Gasteiger partial charge in [-0.1, -0.05) is 12.1 Å². The largest absolute Gasteiger partial charge is 0.485 e. The summed E-state index contributed by atoms with van der Waals surface area (Å²) in [6.07, 6.45) is 1.85. The number of nitrogens with zero attached hydrogens (tertiary/aromatic N) is 1. The summed E-state index contributed by atoms with van der Waals surface area (Å²) in [7, 11) is 0. The van der Waals surface area contributed by atoms with Crippen LogP contribution in [0.2, 0.25) is 0 Å². The maximum Gasteiger partial charge on any atom is 0.313 e. The van der Waals surface area contributed by atoms with Gasteiger partial charge in [0.2, 0.25) is 0 Å². The van der Waals surface area contributed by atoms with Crippen LogP contribution in [0.15, 0.2) is 18.2 Å². The Morgan fingerprint density at radius 1 is 1.56 bits per heavy atom. The van der Waals surface area contributed by atoms with Crippen LogP contribution in [0.1, 0.15) is 18.4 Å². The van der Waals surface area contributed by atoms with E-state index in [1.807, 2.05) is 0 Å². The third-order valence-corrected chi connectivity index (χ3v) is 2.79. The summed E-state index contributed by atoms with van der Waals surface area (Å²) in [5, 5.41) is 10.9. The lowest BCUT2D eigenvalue weighted by Gasteiger charge is -2.11. The number of nitro groups is 1. The van der Waals surface area contributed by atoms with Crippen molar-refractivity contribution in [2.75, 3.05) is 6.61 Å². The zero-order valence-corrected chi connectivity index (χ0v) is 9.10. The highest BCUT2D eigenvalue weighted by Gasteiger charge is 2.39. The summed E-state index contributed by atoms with van der Waals surface area (Å²) in [5.41, 5.74) is 6.23. The van der Waals surface area contributed by atoms with Crippen molar-refractivity contribution in [3.05, 3.63) is 33.9 Å². The molecule has 1 aromatic rings. The van der Waals surface area contributed by atoms with Crippen molar-refractivity contribution in [3.63, 3.8) is 0 Å². The van der Waals surface area contributed by atoms with E-state index >= 15 is 0 Å². The van der Waals surface area contributed by atoms with E-state index < -0.39 is 4.92 Å². The number of benzene rings is 1. The molecule has 5 heteroatoms. The maximum absolute atomic E-state index is 10.9. The number of rotatable bonds is 4. The van der Waals surface area contributed by atoms with Crippen LogP contribution >= 0.6 is 0 Å². The number of hydrogen-bond donors (Lipinski definition) is 1. The molecule has 0 amide bonds. The summed E-state index contributed by atoms with van der Waals surface area (Å²) in [5.74, 6) is 0.307. The molecule has 1 saturated carbocycles. The summed E-state index contributed by atoms with van der Waals surface area (Å²) in [4.78, 5) is 10.5. The highest BCUT2D eigenvalue weighted by atomic mass is 16.6. The molecule has 0 atom stereocenters. The van der Waals surface area contributed by atoms with Gasteiger partial charge in [0.1, 0.15) is 6.61 Å². The minimum atomic E-state index is -0.416. The normalized spacial score (nSPS) is 16.9. The fourth-order valence-electron chi connectivity index (χ4n) is 1.51. The summed E-state index contributed by atoms with van der Waals surface area (Å²) in [6.45, 7) is 2.04. The van der Waals surface area contributed by atoms with Gasteiger partial charge in [-0.15, -0.1) is 0 Å². The second-order valence-electron chi connectivity index (χ2n) is 4.33. The Hall–Kier alpha value is -1.62. The molecule has 16 heavy (non-hydrogen) atoms. The zero-order valence-electron chi connectivity index (χ0n) is 9.10. The third kappa shape index (κ3) is 2.14. The highest BCUT2D eigenvalue weighted by Crippen LogP contribution is 2.35. The van der Waals surface area contributed by atoms with Gasteiger partial charge in [0.25, 0.3) is 0 Å². The minimum absolute atomic E-state index is 0.0340. The van der Waals surface area contributed by atoms with Crippen molar-refractivity contribution in [3.8, 4) is 5.75 Å². The molecule has 1 fully saturated rings. The van der Waals surface area contributed by atoms with E-state index in [2.05, 4.69) is 0 Å². The first-order valence-corrected chi connectivity index (χ1v) is 5.17. The van der Waals surface area contributed by atoms with E-state index in [-0.39, 0.29) is 11.2 Å². The molecule has 5 nitrogen and oxygen atoms in total. The highest BCUT2D eigenvalue weighted by molar-refractivity contribution is 5.52. The molecule has 1 aliphatic carbocycles. The molecule has 0 saturated heterocycles. The van der Waals surface area contributed by atoms with Crippen LogP contribution in [0.3, 0.4) is 0 Å². The molecule has 0 unspecified atom stereocenters. The van der Waals surface area contributed by atoms with E-state index in [1.165, 1.54) is 0 Å². The van der Waals surface area contributed by atoms with Gasteiger partial charge in [0.05, 0.1) is 10.5 Å². The molecule has 0 aliphatic heterocycles. The maximum atomic E-state index is 10.9. The predicted molar refractivity (Wildman–Crippen MR) is 59.5 cm³/mol. The molecular formula is C11H14N2O3. The first-order chi connectivity index (χ1) is 7.52. The van der Waals surface area contributed by atoms with Crippen molar-refractivity contribution in [2.24, 2.45) is 5.73 Å². The SMILES string of the molecule is Cc1cccc(OCC2(N)CC2)c1[N+](=O)[O-]. The summed E-state index contributed by atoms with van der Waals surface area (Å²) < 4.78 is 5.44. The molecule has 0 radical (unpaired) electrons. The van der Waals surface area contributed by atoms with Crippen molar-refractivity contribution in [2.45, 2.75) is 25.3 Å². The van der Waals surface area contributed by atoms with Gasteiger partial charge in [-0.05, 0) is 25.8 Å². The summed E-state index contributed by atoms with van der Waals surface area (Å²) >= 11 is 0. The smallest absolute Gasteiger partial charge is 0.313 e. The first-order valence-electron chi connectivity index (χ1n) is 5.17. The van der Waals surface area contributed by atoms with Crippen LogP contribution in [-0.2, 0) is 0 Å². The van der Waals surface area contributed by atoms with E-state index in [4.69, 9.17) is 10.5 Å². The lowest BCUT2D eigenvalue weighted by molar-refractivity contribution is -0.386. The number of ether oxygens (including phenoxy) is 1. The number of nitro benzene ring substituents is 1. The Labute approximate surface area is 93.4 Å². The fraction of sp³-hybridized carbons (Fsp3) is 0.455. The van der Waals surface area contributed by atoms with Crippen LogP contribution in [0.4, 0.5) is 5.69 Å². The third-order valence-electron chi connectivity index (χ3n) is 2.79. The van der Waals surface area contributed by atoms with E-state index in [0.29, 0.717) is 17.9 Å². The molecule has 0 spiro atoms. The molecule has 0 aromatic heterocycles. The molecule has 2 rings (SSSR count).